The molecular formula is C25H24O5. The van der Waals surface area contributed by atoms with Gasteiger partial charge in [0.05, 0.1) is 5.56 Å². The maximum absolute atomic E-state index is 12.2. The van der Waals surface area contributed by atoms with Crippen molar-refractivity contribution in [3.63, 3.8) is 0 Å². The first-order valence-corrected chi connectivity index (χ1v) is 9.88. The number of para-hydroxylation sites is 1. The molecule has 3 rings (SSSR count). The van der Waals surface area contributed by atoms with E-state index in [-0.39, 0.29) is 0 Å². The highest BCUT2D eigenvalue weighted by molar-refractivity contribution is 5.91. The van der Waals surface area contributed by atoms with Crippen molar-refractivity contribution in [1.82, 2.24) is 0 Å². The normalized spacial score (nSPS) is 11.5. The number of hydrogen-bond acceptors (Lipinski definition) is 5. The van der Waals surface area contributed by atoms with Crippen molar-refractivity contribution in [3.8, 4) is 22.6 Å². The van der Waals surface area contributed by atoms with Crippen LogP contribution in [0.2, 0.25) is 0 Å². The summed E-state index contributed by atoms with van der Waals surface area (Å²) >= 11 is 0. The monoisotopic (exact) mass is 404 g/mol. The minimum Gasteiger partial charge on any atom is -0.425 e. The smallest absolute Gasteiger partial charge is 0.343 e. The average Bonchev–Trinajstić information content (AvgIpc) is 2.78. The van der Waals surface area contributed by atoms with Gasteiger partial charge in [0.1, 0.15) is 11.5 Å². The lowest BCUT2D eigenvalue weighted by atomic mass is 10.0. The van der Waals surface area contributed by atoms with Crippen molar-refractivity contribution in [3.05, 3.63) is 84.4 Å². The number of carbonyl (C=O) groups excluding carboxylic acids is 2. The van der Waals surface area contributed by atoms with Gasteiger partial charge in [-0.2, -0.15) is 0 Å². The zero-order chi connectivity index (χ0) is 21.3. The molecule has 1 atom stereocenters. The average molecular weight is 404 g/mol. The number of ether oxygens (including phenoxy) is 3. The van der Waals surface area contributed by atoms with Gasteiger partial charge in [0.2, 0.25) is 0 Å². The van der Waals surface area contributed by atoms with Crippen LogP contribution in [0.25, 0.3) is 11.1 Å². The molecule has 154 valence electrons. The molecule has 5 heteroatoms. The van der Waals surface area contributed by atoms with Crippen molar-refractivity contribution in [2.24, 2.45) is 0 Å². The van der Waals surface area contributed by atoms with Gasteiger partial charge in [0, 0.05) is 6.61 Å². The molecule has 0 aliphatic heterocycles. The number of carbonyl (C=O) groups is 2. The van der Waals surface area contributed by atoms with Crippen LogP contribution in [-0.2, 0) is 9.53 Å². The first-order valence-electron chi connectivity index (χ1n) is 9.88. The van der Waals surface area contributed by atoms with E-state index in [0.717, 1.165) is 17.5 Å². The minimum absolute atomic E-state index is 0.408. The molecule has 3 aromatic carbocycles. The third-order valence-electron chi connectivity index (χ3n) is 4.38. The van der Waals surface area contributed by atoms with E-state index in [1.807, 2.05) is 49.4 Å². The Balaban J connectivity index is 1.61. The summed E-state index contributed by atoms with van der Waals surface area (Å²) < 4.78 is 16.1. The molecule has 0 radical (unpaired) electrons. The van der Waals surface area contributed by atoms with Gasteiger partial charge in [-0.1, -0.05) is 49.4 Å². The van der Waals surface area contributed by atoms with E-state index >= 15 is 0 Å². The Morgan fingerprint density at radius 1 is 0.767 bits per heavy atom. The fraction of sp³-hybridized carbons (Fsp3) is 0.200. The lowest BCUT2D eigenvalue weighted by Gasteiger charge is -2.12. The van der Waals surface area contributed by atoms with Crippen LogP contribution in [0.15, 0.2) is 78.9 Å². The van der Waals surface area contributed by atoms with Gasteiger partial charge in [-0.25, -0.2) is 9.59 Å². The summed E-state index contributed by atoms with van der Waals surface area (Å²) in [4.78, 5) is 24.3. The maximum Gasteiger partial charge on any atom is 0.343 e. The van der Waals surface area contributed by atoms with E-state index in [2.05, 4.69) is 0 Å². The largest absolute Gasteiger partial charge is 0.425 e. The summed E-state index contributed by atoms with van der Waals surface area (Å²) in [6, 6.07) is 23.3. The van der Waals surface area contributed by atoms with E-state index in [1.54, 1.807) is 43.3 Å². The van der Waals surface area contributed by atoms with Crippen molar-refractivity contribution < 1.29 is 23.8 Å². The van der Waals surface area contributed by atoms with Crippen LogP contribution in [0.4, 0.5) is 0 Å². The van der Waals surface area contributed by atoms with Gasteiger partial charge in [-0.05, 0) is 60.9 Å². The summed E-state index contributed by atoms with van der Waals surface area (Å²) in [5, 5.41) is 0. The zero-order valence-corrected chi connectivity index (χ0v) is 17.0. The van der Waals surface area contributed by atoms with Crippen molar-refractivity contribution in [2.75, 3.05) is 6.61 Å². The highest BCUT2D eigenvalue weighted by Crippen LogP contribution is 2.23. The van der Waals surface area contributed by atoms with Crippen LogP contribution in [0.1, 0.15) is 30.6 Å². The molecule has 5 nitrogen and oxygen atoms in total. The third-order valence-corrected chi connectivity index (χ3v) is 4.38. The second kappa shape index (κ2) is 10.4. The summed E-state index contributed by atoms with van der Waals surface area (Å²) in [5.74, 6) is 0.136. The Bertz CT molecular complexity index is 963. The summed E-state index contributed by atoms with van der Waals surface area (Å²) in [5.41, 5.74) is 2.34. The molecule has 0 aliphatic carbocycles. The number of hydrogen-bond donors (Lipinski definition) is 0. The minimum atomic E-state index is -0.604. The van der Waals surface area contributed by atoms with Crippen molar-refractivity contribution in [2.45, 2.75) is 26.4 Å². The predicted molar refractivity (Wildman–Crippen MR) is 115 cm³/mol. The Hall–Kier alpha value is -3.44. The Kier molecular flexibility index (Phi) is 7.35. The van der Waals surface area contributed by atoms with Gasteiger partial charge in [-0.3, -0.25) is 0 Å². The first-order chi connectivity index (χ1) is 14.6. The molecule has 3 aromatic rings. The second-order valence-electron chi connectivity index (χ2n) is 6.74. The summed E-state index contributed by atoms with van der Waals surface area (Å²) in [7, 11) is 0. The molecule has 0 fully saturated rings. The zero-order valence-electron chi connectivity index (χ0n) is 17.0. The highest BCUT2D eigenvalue weighted by atomic mass is 16.6. The molecule has 0 unspecified atom stereocenters. The van der Waals surface area contributed by atoms with Crippen LogP contribution in [-0.4, -0.2) is 24.6 Å². The molecular weight excluding hydrogens is 380 g/mol. The van der Waals surface area contributed by atoms with E-state index in [1.165, 1.54) is 0 Å². The Morgan fingerprint density at radius 2 is 1.33 bits per heavy atom. The molecule has 0 spiro atoms. The molecule has 0 bridgehead atoms. The molecule has 30 heavy (non-hydrogen) atoms. The Morgan fingerprint density at radius 3 is 1.93 bits per heavy atom. The van der Waals surface area contributed by atoms with Gasteiger partial charge < -0.3 is 14.2 Å². The number of benzene rings is 3. The standard InChI is InChI=1S/C25H24O5/c1-3-17-28-18(2)24(26)29-23-15-13-20(14-16-23)19-9-11-21(12-10-19)25(27)30-22-7-5-4-6-8-22/h4-16,18H,3,17H2,1-2H3/t18-/m0/s1. The molecule has 0 aromatic heterocycles. The van der Waals surface area contributed by atoms with Crippen LogP contribution >= 0.6 is 0 Å². The van der Waals surface area contributed by atoms with Crippen LogP contribution in [0.5, 0.6) is 11.5 Å². The second-order valence-corrected chi connectivity index (χ2v) is 6.74. The van der Waals surface area contributed by atoms with E-state index < -0.39 is 18.0 Å². The van der Waals surface area contributed by atoms with Crippen molar-refractivity contribution in [1.29, 1.82) is 0 Å². The molecule has 0 saturated heterocycles. The summed E-state index contributed by atoms with van der Waals surface area (Å²) in [6.07, 6.45) is 0.238. The number of rotatable bonds is 8. The SMILES string of the molecule is CCCO[C@@H](C)C(=O)Oc1ccc(-c2ccc(C(=O)Oc3ccccc3)cc2)cc1. The third kappa shape index (κ3) is 5.78. The van der Waals surface area contributed by atoms with Crippen molar-refractivity contribution >= 4 is 11.9 Å². The first kappa shape index (κ1) is 21.3. The molecule has 0 heterocycles. The van der Waals surface area contributed by atoms with Crippen LogP contribution < -0.4 is 9.47 Å². The highest BCUT2D eigenvalue weighted by Gasteiger charge is 2.15. The quantitative estimate of drug-likeness (QED) is 0.377. The lowest BCUT2D eigenvalue weighted by Crippen LogP contribution is -2.26. The maximum atomic E-state index is 12.2. The molecule has 0 saturated carbocycles. The fourth-order valence-corrected chi connectivity index (χ4v) is 2.73. The van der Waals surface area contributed by atoms with E-state index in [0.29, 0.717) is 23.7 Å². The van der Waals surface area contributed by atoms with Gasteiger partial charge in [0.25, 0.3) is 0 Å². The topological polar surface area (TPSA) is 61.8 Å². The predicted octanol–water partition coefficient (Wildman–Crippen LogP) is 5.29. The fourth-order valence-electron chi connectivity index (χ4n) is 2.73. The van der Waals surface area contributed by atoms with Gasteiger partial charge >= 0.3 is 11.9 Å². The Labute approximate surface area is 176 Å². The van der Waals surface area contributed by atoms with E-state index in [4.69, 9.17) is 14.2 Å². The molecule has 0 amide bonds. The van der Waals surface area contributed by atoms with Crippen LogP contribution in [0, 0.1) is 0 Å². The lowest BCUT2D eigenvalue weighted by molar-refractivity contribution is -0.146. The molecule has 0 aliphatic rings. The van der Waals surface area contributed by atoms with Crippen LogP contribution in [0.3, 0.4) is 0 Å². The van der Waals surface area contributed by atoms with E-state index in [9.17, 15) is 9.59 Å². The van der Waals surface area contributed by atoms with Gasteiger partial charge in [-0.15, -0.1) is 0 Å². The molecule has 0 N–H and O–H groups in total. The van der Waals surface area contributed by atoms with Gasteiger partial charge in [0.15, 0.2) is 6.10 Å². The summed E-state index contributed by atoms with van der Waals surface area (Å²) in [6.45, 7) is 4.18. The number of esters is 2.